The Kier molecular flexibility index (Phi) is 17.7. The number of fused-ring (bicyclic) bond motifs is 1. The number of alkyl halides is 3. The Morgan fingerprint density at radius 1 is 0.827 bits per heavy atom. The van der Waals surface area contributed by atoms with E-state index in [-0.39, 0.29) is 35.9 Å². The molecule has 24 heteroatoms. The van der Waals surface area contributed by atoms with Crippen molar-refractivity contribution < 1.29 is 54.2 Å². The zero-order valence-electron chi connectivity index (χ0n) is 41.0. The number of unbranched alkanes of at least 4 members (excludes halogenated alkanes) is 2. The number of nitrogens with one attached hydrogen (secondary N) is 4. The van der Waals surface area contributed by atoms with Crippen LogP contribution in [0, 0.1) is 0 Å². The molecule has 0 aliphatic carbocycles. The van der Waals surface area contributed by atoms with Crippen molar-refractivity contribution in [3.05, 3.63) is 107 Å². The standard InChI is InChI=1S/C51H59ClF3N9O9S2/c52-38-9-7-35(8-10-38)43-33-56-18-15-37(43)34-62-23-25-63(26-24-62)39-11-13-42(45(30-39)73-40-29-36-16-19-58-49(36)59-32-40)50(68)60-75(71,72)41-12-14-44(46(31-41)74(69,70)51(53,54)55)57-17-4-20-61-21-27-64(28-22-61)47(65)5-2-1-3-6-48(66)67/h7-14,16,19,29-32,56-57H,1-6,15,17-18,20-28,33-34H2,(H,58,59)(H,60,68)(H,66,67). The number of hydrogen-bond donors (Lipinski definition) is 5. The molecule has 18 nitrogen and oxygen atoms in total. The molecule has 0 atom stereocenters. The number of halogens is 4. The highest BCUT2D eigenvalue weighted by atomic mass is 35.5. The van der Waals surface area contributed by atoms with Gasteiger partial charge in [-0.15, -0.1) is 0 Å². The molecule has 3 aliphatic rings. The molecular formula is C51H59ClF3N9O9S2. The van der Waals surface area contributed by atoms with Gasteiger partial charge in [0.1, 0.15) is 22.0 Å². The molecule has 0 spiro atoms. The smallest absolute Gasteiger partial charge is 0.481 e. The zero-order valence-corrected chi connectivity index (χ0v) is 43.4. The largest absolute Gasteiger partial charge is 0.501 e. The number of rotatable bonds is 21. The topological polar surface area (TPSA) is 227 Å². The fourth-order valence-electron chi connectivity index (χ4n) is 9.41. The average Bonchev–Trinajstić information content (AvgIpc) is 3.86. The highest BCUT2D eigenvalue weighted by Gasteiger charge is 2.48. The van der Waals surface area contributed by atoms with Crippen LogP contribution in [-0.2, 0) is 29.4 Å². The number of carboxylic acids is 1. The SMILES string of the molecule is O=C(O)CCCCCC(=O)N1CCN(CCCNc2ccc(S(=O)(=O)NC(=O)c3ccc(N4CCN(CC5=C(c6ccc(Cl)cc6)CNCC5)CC4)cc3Oc3cnc4[nH]ccc4c3)cc2S(=O)(=O)C(F)(F)F)CC1. The van der Waals surface area contributed by atoms with Gasteiger partial charge < -0.3 is 35.3 Å². The van der Waals surface area contributed by atoms with Gasteiger partial charge >= 0.3 is 11.5 Å². The second-order valence-electron chi connectivity index (χ2n) is 18.6. The molecule has 5 heterocycles. The monoisotopic (exact) mass is 1100 g/mol. The maximum atomic E-state index is 14.1. The first-order valence-corrected chi connectivity index (χ1v) is 28.1. The number of H-pyrrole nitrogens is 1. The van der Waals surface area contributed by atoms with Crippen molar-refractivity contribution in [2.24, 2.45) is 0 Å². The molecule has 5 aromatic rings. The quantitative estimate of drug-likeness (QED) is 0.0468. The van der Waals surface area contributed by atoms with E-state index in [9.17, 15) is 44.4 Å². The number of aromatic amines is 1. The molecule has 5 N–H and O–H groups in total. The lowest BCUT2D eigenvalue weighted by molar-refractivity contribution is -0.137. The number of carbonyl (C=O) groups excluding carboxylic acids is 2. The summed E-state index contributed by atoms with van der Waals surface area (Å²) in [5, 5.41) is 16.4. The highest BCUT2D eigenvalue weighted by molar-refractivity contribution is 7.92. The molecule has 8 rings (SSSR count). The molecule has 0 bridgehead atoms. The molecule has 2 aromatic heterocycles. The molecule has 3 aromatic carbocycles. The van der Waals surface area contributed by atoms with E-state index in [0.717, 1.165) is 56.8 Å². The third-order valence-electron chi connectivity index (χ3n) is 13.5. The van der Waals surface area contributed by atoms with Crippen molar-refractivity contribution in [2.45, 2.75) is 60.2 Å². The molecule has 75 heavy (non-hydrogen) atoms. The summed E-state index contributed by atoms with van der Waals surface area (Å²) in [6.07, 6.45) is 6.49. The number of aliphatic carboxylic acids is 1. The number of amides is 2. The number of sulfone groups is 1. The van der Waals surface area contributed by atoms with Crippen LogP contribution in [0.4, 0.5) is 24.5 Å². The normalized spacial score (nSPS) is 16.3. The summed E-state index contributed by atoms with van der Waals surface area (Å²) in [4.78, 5) is 50.8. The van der Waals surface area contributed by atoms with Crippen molar-refractivity contribution in [3.63, 3.8) is 0 Å². The summed E-state index contributed by atoms with van der Waals surface area (Å²) in [6.45, 7) is 7.61. The lowest BCUT2D eigenvalue weighted by atomic mass is 9.94. The van der Waals surface area contributed by atoms with Crippen LogP contribution in [0.15, 0.2) is 101 Å². The minimum absolute atomic E-state index is 0.0157. The van der Waals surface area contributed by atoms with Crippen LogP contribution in [0.2, 0.25) is 5.02 Å². The average molecular weight is 1100 g/mol. The number of piperazine rings is 2. The lowest BCUT2D eigenvalue weighted by Crippen LogP contribution is -2.48. The number of aromatic nitrogens is 2. The first-order chi connectivity index (χ1) is 35.8. The predicted octanol–water partition coefficient (Wildman–Crippen LogP) is 6.97. The molecular weight excluding hydrogens is 1040 g/mol. The van der Waals surface area contributed by atoms with Gasteiger partial charge in [-0.25, -0.2) is 26.5 Å². The number of sulfonamides is 1. The van der Waals surface area contributed by atoms with E-state index in [2.05, 4.69) is 35.3 Å². The minimum Gasteiger partial charge on any atom is -0.481 e. The van der Waals surface area contributed by atoms with E-state index in [1.165, 1.54) is 23.4 Å². The molecule has 402 valence electrons. The zero-order chi connectivity index (χ0) is 53.3. The van der Waals surface area contributed by atoms with Gasteiger partial charge in [0.25, 0.3) is 25.8 Å². The maximum Gasteiger partial charge on any atom is 0.501 e. The van der Waals surface area contributed by atoms with Crippen LogP contribution in [0.1, 0.15) is 60.9 Å². The number of hydrogen-bond acceptors (Lipinski definition) is 14. The Labute approximate surface area is 438 Å². The number of nitrogens with zero attached hydrogens (tertiary/aromatic N) is 5. The van der Waals surface area contributed by atoms with E-state index in [1.54, 1.807) is 35.4 Å². The van der Waals surface area contributed by atoms with Crippen molar-refractivity contribution in [3.8, 4) is 11.5 Å². The van der Waals surface area contributed by atoms with Gasteiger partial charge in [-0.1, -0.05) is 30.2 Å². The van der Waals surface area contributed by atoms with Crippen LogP contribution < -0.4 is 25.0 Å². The third-order valence-corrected chi connectivity index (χ3v) is 16.7. The van der Waals surface area contributed by atoms with Crippen molar-refractivity contribution in [1.29, 1.82) is 0 Å². The molecule has 2 amide bonds. The van der Waals surface area contributed by atoms with Gasteiger partial charge in [0.05, 0.1) is 22.3 Å². The highest BCUT2D eigenvalue weighted by Crippen LogP contribution is 2.37. The van der Waals surface area contributed by atoms with E-state index < -0.39 is 52.7 Å². The van der Waals surface area contributed by atoms with Crippen LogP contribution in [0.5, 0.6) is 11.5 Å². The number of ether oxygens (including phenoxy) is 1. The molecule has 0 unspecified atom stereocenters. The summed E-state index contributed by atoms with van der Waals surface area (Å²) >= 11 is 6.17. The van der Waals surface area contributed by atoms with Crippen molar-refractivity contribution in [2.75, 3.05) is 95.3 Å². The fourth-order valence-corrected chi connectivity index (χ4v) is 11.6. The number of carbonyl (C=O) groups is 3. The Morgan fingerprint density at radius 3 is 2.29 bits per heavy atom. The first-order valence-electron chi connectivity index (χ1n) is 24.7. The Morgan fingerprint density at radius 2 is 1.56 bits per heavy atom. The van der Waals surface area contributed by atoms with Gasteiger partial charge in [0, 0.05) is 113 Å². The first kappa shape index (κ1) is 55.0. The van der Waals surface area contributed by atoms with E-state index >= 15 is 0 Å². The third kappa shape index (κ3) is 14.0. The Bertz CT molecular complexity index is 3120. The number of carboxylic acid groups (broad SMARTS) is 1. The van der Waals surface area contributed by atoms with Crippen LogP contribution >= 0.6 is 11.6 Å². The Hall–Kier alpha value is -6.24. The fraction of sp³-hybridized carbons (Fsp3) is 0.412. The van der Waals surface area contributed by atoms with Crippen molar-refractivity contribution >= 4 is 77.2 Å². The predicted molar refractivity (Wildman–Crippen MR) is 278 cm³/mol. The van der Waals surface area contributed by atoms with E-state index in [4.69, 9.17) is 21.4 Å². The summed E-state index contributed by atoms with van der Waals surface area (Å²) in [5.41, 5.74) is -1.51. The minimum atomic E-state index is -6.11. The maximum absolute atomic E-state index is 14.1. The number of anilines is 2. The summed E-state index contributed by atoms with van der Waals surface area (Å²) in [7, 11) is -11.1. The van der Waals surface area contributed by atoms with Gasteiger partial charge in [0.2, 0.25) is 5.91 Å². The van der Waals surface area contributed by atoms with Crippen LogP contribution in [0.3, 0.4) is 0 Å². The molecule has 3 aliphatic heterocycles. The van der Waals surface area contributed by atoms with Crippen LogP contribution in [0.25, 0.3) is 16.6 Å². The molecule has 0 saturated carbocycles. The van der Waals surface area contributed by atoms with Crippen molar-refractivity contribution in [1.82, 2.24) is 34.7 Å². The molecule has 2 saturated heterocycles. The van der Waals surface area contributed by atoms with Gasteiger partial charge in [-0.05, 0) is 110 Å². The number of pyridine rings is 1. The lowest BCUT2D eigenvalue weighted by Gasteiger charge is -2.37. The van der Waals surface area contributed by atoms with Gasteiger partial charge in [-0.2, -0.15) is 13.2 Å². The Balaban J connectivity index is 0.936. The second-order valence-corrected chi connectivity index (χ2v) is 22.7. The molecule has 0 radical (unpaired) electrons. The summed E-state index contributed by atoms with van der Waals surface area (Å²) in [5.74, 6) is -1.89. The van der Waals surface area contributed by atoms with Gasteiger partial charge in [-0.3, -0.25) is 24.2 Å². The van der Waals surface area contributed by atoms with E-state index in [1.807, 2.05) is 29.0 Å². The number of benzene rings is 3. The molecule has 2 fully saturated rings. The summed E-state index contributed by atoms with van der Waals surface area (Å²) < 4.78 is 104. The van der Waals surface area contributed by atoms with Gasteiger partial charge in [0.15, 0.2) is 0 Å². The van der Waals surface area contributed by atoms with Crippen LogP contribution in [-0.4, -0.2) is 155 Å². The summed E-state index contributed by atoms with van der Waals surface area (Å²) in [6, 6.07) is 18.2. The second kappa shape index (κ2) is 24.2. The van der Waals surface area contributed by atoms with E-state index in [0.29, 0.717) is 106 Å².